The molecule has 0 aliphatic carbocycles. The Morgan fingerprint density at radius 1 is 1.08 bits per heavy atom. The zero-order chi connectivity index (χ0) is 18.1. The Bertz CT molecular complexity index is 870. The highest BCUT2D eigenvalue weighted by molar-refractivity contribution is 7.92. The van der Waals surface area contributed by atoms with Crippen molar-refractivity contribution >= 4 is 33.2 Å². The molecular formula is C17H19ClN2O3S. The van der Waals surface area contributed by atoms with Gasteiger partial charge in [0.05, 0.1) is 15.6 Å². The van der Waals surface area contributed by atoms with Crippen molar-refractivity contribution in [1.82, 2.24) is 0 Å². The molecule has 0 bridgehead atoms. The Balaban J connectivity index is 2.35. The van der Waals surface area contributed by atoms with Crippen molar-refractivity contribution in [3.05, 3.63) is 58.6 Å². The zero-order valence-corrected chi connectivity index (χ0v) is 15.2. The second kappa shape index (κ2) is 6.45. The molecule has 0 aliphatic heterocycles. The summed E-state index contributed by atoms with van der Waals surface area (Å²) in [6.45, 7) is 6.14. The molecule has 0 aliphatic rings. The quantitative estimate of drug-likeness (QED) is 0.867. The number of carbonyl (C=O) groups is 1. The molecule has 24 heavy (non-hydrogen) atoms. The van der Waals surface area contributed by atoms with Crippen LogP contribution in [0.15, 0.2) is 47.4 Å². The van der Waals surface area contributed by atoms with Crippen LogP contribution in [0.1, 0.15) is 36.7 Å². The lowest BCUT2D eigenvalue weighted by atomic mass is 9.87. The SMILES string of the molecule is CC(C)(C)c1ccc(S(=O)(=O)Nc2cc(C(N)=O)ccc2Cl)cc1. The second-order valence-electron chi connectivity index (χ2n) is 6.44. The van der Waals surface area contributed by atoms with E-state index in [1.165, 1.54) is 30.3 Å². The molecule has 0 spiro atoms. The largest absolute Gasteiger partial charge is 0.366 e. The van der Waals surface area contributed by atoms with Crippen LogP contribution in [0.3, 0.4) is 0 Å². The van der Waals surface area contributed by atoms with Gasteiger partial charge in [0.2, 0.25) is 5.91 Å². The van der Waals surface area contributed by atoms with Gasteiger partial charge in [0.1, 0.15) is 0 Å². The van der Waals surface area contributed by atoms with Crippen LogP contribution in [0.25, 0.3) is 0 Å². The third-order valence-corrected chi connectivity index (χ3v) is 5.24. The second-order valence-corrected chi connectivity index (χ2v) is 8.53. The number of halogens is 1. The summed E-state index contributed by atoms with van der Waals surface area (Å²) in [6, 6.07) is 10.8. The fourth-order valence-electron chi connectivity index (χ4n) is 2.09. The minimum Gasteiger partial charge on any atom is -0.366 e. The number of hydrogen-bond acceptors (Lipinski definition) is 3. The van der Waals surface area contributed by atoms with E-state index in [2.05, 4.69) is 4.72 Å². The van der Waals surface area contributed by atoms with Crippen LogP contribution < -0.4 is 10.5 Å². The minimum atomic E-state index is -3.83. The maximum atomic E-state index is 12.5. The minimum absolute atomic E-state index is 0.0746. The van der Waals surface area contributed by atoms with E-state index in [9.17, 15) is 13.2 Å². The van der Waals surface area contributed by atoms with Crippen molar-refractivity contribution < 1.29 is 13.2 Å². The van der Waals surface area contributed by atoms with E-state index in [1.807, 2.05) is 20.8 Å². The number of nitrogens with one attached hydrogen (secondary N) is 1. The van der Waals surface area contributed by atoms with Gasteiger partial charge in [0, 0.05) is 5.56 Å². The first-order valence-electron chi connectivity index (χ1n) is 7.23. The molecule has 0 saturated heterocycles. The lowest BCUT2D eigenvalue weighted by Gasteiger charge is -2.19. The molecule has 0 saturated carbocycles. The van der Waals surface area contributed by atoms with Gasteiger partial charge in [0.15, 0.2) is 0 Å². The highest BCUT2D eigenvalue weighted by atomic mass is 35.5. The number of primary amides is 1. The van der Waals surface area contributed by atoms with E-state index in [4.69, 9.17) is 17.3 Å². The Labute approximate surface area is 146 Å². The summed E-state index contributed by atoms with van der Waals surface area (Å²) >= 11 is 6.00. The third-order valence-electron chi connectivity index (χ3n) is 3.53. The Morgan fingerprint density at radius 3 is 2.17 bits per heavy atom. The first kappa shape index (κ1) is 18.3. The van der Waals surface area contributed by atoms with Gasteiger partial charge in [-0.1, -0.05) is 44.5 Å². The van der Waals surface area contributed by atoms with E-state index in [0.717, 1.165) is 5.56 Å². The molecule has 2 aromatic rings. The van der Waals surface area contributed by atoms with Gasteiger partial charge in [-0.2, -0.15) is 0 Å². The van der Waals surface area contributed by atoms with Crippen molar-refractivity contribution in [2.45, 2.75) is 31.1 Å². The molecule has 7 heteroatoms. The number of sulfonamides is 1. The van der Waals surface area contributed by atoms with Gasteiger partial charge < -0.3 is 5.73 Å². The molecule has 0 unspecified atom stereocenters. The van der Waals surface area contributed by atoms with Gasteiger partial charge in [-0.3, -0.25) is 9.52 Å². The van der Waals surface area contributed by atoms with Crippen LogP contribution in [0.5, 0.6) is 0 Å². The summed E-state index contributed by atoms with van der Waals surface area (Å²) in [6.07, 6.45) is 0. The molecule has 2 rings (SSSR count). The van der Waals surface area contributed by atoms with E-state index in [0.29, 0.717) is 0 Å². The number of anilines is 1. The maximum absolute atomic E-state index is 12.5. The van der Waals surface area contributed by atoms with E-state index < -0.39 is 15.9 Å². The molecule has 3 N–H and O–H groups in total. The zero-order valence-electron chi connectivity index (χ0n) is 13.6. The molecule has 0 aromatic heterocycles. The predicted molar refractivity (Wildman–Crippen MR) is 95.9 cm³/mol. The maximum Gasteiger partial charge on any atom is 0.261 e. The van der Waals surface area contributed by atoms with Crippen LogP contribution in [0.4, 0.5) is 5.69 Å². The Morgan fingerprint density at radius 2 is 1.67 bits per heavy atom. The van der Waals surface area contributed by atoms with Crippen molar-refractivity contribution in [2.75, 3.05) is 4.72 Å². The Kier molecular flexibility index (Phi) is 4.92. The molecule has 0 fully saturated rings. The number of hydrogen-bond donors (Lipinski definition) is 2. The van der Waals surface area contributed by atoms with E-state index >= 15 is 0 Å². The standard InChI is InChI=1S/C17H19ClN2O3S/c1-17(2,3)12-5-7-13(8-6-12)24(22,23)20-15-10-11(16(19)21)4-9-14(15)18/h4-10,20H,1-3H3,(H2,19,21). The van der Waals surface area contributed by atoms with Crippen molar-refractivity contribution in [1.29, 1.82) is 0 Å². The number of carbonyl (C=O) groups excluding carboxylic acids is 1. The summed E-state index contributed by atoms with van der Waals surface area (Å²) in [5.74, 6) is -0.665. The van der Waals surface area contributed by atoms with E-state index in [-0.39, 0.29) is 26.6 Å². The van der Waals surface area contributed by atoms with Crippen LogP contribution >= 0.6 is 11.6 Å². The Hall–Kier alpha value is -2.05. The van der Waals surface area contributed by atoms with E-state index in [1.54, 1.807) is 12.1 Å². The topological polar surface area (TPSA) is 89.3 Å². The van der Waals surface area contributed by atoms with Gasteiger partial charge in [-0.15, -0.1) is 0 Å². The highest BCUT2D eigenvalue weighted by Gasteiger charge is 2.19. The summed E-state index contributed by atoms with van der Waals surface area (Å²) in [4.78, 5) is 11.3. The fraction of sp³-hybridized carbons (Fsp3) is 0.235. The molecule has 0 heterocycles. The average Bonchev–Trinajstić information content (AvgIpc) is 2.48. The van der Waals surface area contributed by atoms with Gasteiger partial charge >= 0.3 is 0 Å². The average molecular weight is 367 g/mol. The normalized spacial score (nSPS) is 12.0. The first-order valence-corrected chi connectivity index (χ1v) is 9.09. The van der Waals surface area contributed by atoms with Gasteiger partial charge in [0.25, 0.3) is 10.0 Å². The number of rotatable bonds is 4. The number of benzene rings is 2. The third kappa shape index (κ3) is 4.07. The summed E-state index contributed by atoms with van der Waals surface area (Å²) in [5.41, 5.74) is 6.43. The predicted octanol–water partition coefficient (Wildman–Crippen LogP) is 3.54. The molecule has 0 atom stereocenters. The molecular weight excluding hydrogens is 348 g/mol. The highest BCUT2D eigenvalue weighted by Crippen LogP contribution is 2.27. The lowest BCUT2D eigenvalue weighted by Crippen LogP contribution is -2.16. The summed E-state index contributed by atoms with van der Waals surface area (Å²) in [7, 11) is -3.83. The summed E-state index contributed by atoms with van der Waals surface area (Å²) < 4.78 is 27.4. The fourth-order valence-corrected chi connectivity index (χ4v) is 3.39. The molecule has 1 amide bonds. The lowest BCUT2D eigenvalue weighted by molar-refractivity contribution is 0.100. The van der Waals surface area contributed by atoms with Crippen LogP contribution in [0.2, 0.25) is 5.02 Å². The van der Waals surface area contributed by atoms with Crippen LogP contribution in [-0.4, -0.2) is 14.3 Å². The molecule has 5 nitrogen and oxygen atoms in total. The first-order chi connectivity index (χ1) is 11.0. The van der Waals surface area contributed by atoms with Gasteiger partial charge in [-0.05, 0) is 41.3 Å². The van der Waals surface area contributed by atoms with Crippen LogP contribution in [-0.2, 0) is 15.4 Å². The smallest absolute Gasteiger partial charge is 0.261 e. The molecule has 0 radical (unpaired) electrons. The summed E-state index contributed by atoms with van der Waals surface area (Å²) in [5, 5.41) is 0.176. The van der Waals surface area contributed by atoms with Crippen molar-refractivity contribution in [2.24, 2.45) is 5.73 Å². The van der Waals surface area contributed by atoms with Crippen molar-refractivity contribution in [3.8, 4) is 0 Å². The van der Waals surface area contributed by atoms with Crippen molar-refractivity contribution in [3.63, 3.8) is 0 Å². The number of amides is 1. The molecule has 128 valence electrons. The molecule has 2 aromatic carbocycles. The van der Waals surface area contributed by atoms with Crippen LogP contribution in [0, 0.1) is 0 Å². The monoisotopic (exact) mass is 366 g/mol. The van der Waals surface area contributed by atoms with Gasteiger partial charge in [-0.25, -0.2) is 8.42 Å². The number of nitrogens with two attached hydrogens (primary N) is 1.